The minimum Gasteiger partial charge on any atom is -0.379 e. The topological polar surface area (TPSA) is 111 Å². The van der Waals surface area contributed by atoms with Gasteiger partial charge >= 0.3 is 0 Å². The number of rotatable bonds is 8. The van der Waals surface area contributed by atoms with Crippen molar-refractivity contribution in [2.45, 2.75) is 0 Å². The summed E-state index contributed by atoms with van der Waals surface area (Å²) in [4.78, 5) is 34.0. The molecule has 1 heterocycles. The Morgan fingerprint density at radius 2 is 2.09 bits per heavy atom. The largest absolute Gasteiger partial charge is 0.379 e. The van der Waals surface area contributed by atoms with E-state index in [9.17, 15) is 14.4 Å². The van der Waals surface area contributed by atoms with Crippen LogP contribution in [0.2, 0.25) is 0 Å². The number of allylic oxidation sites excluding steroid dienone is 2. The van der Waals surface area contributed by atoms with Crippen molar-refractivity contribution >= 4 is 29.7 Å². The molecule has 126 valence electrons. The van der Waals surface area contributed by atoms with Gasteiger partial charge in [-0.15, -0.1) is 11.8 Å². The Kier molecular flexibility index (Phi) is 8.88. The molecule has 0 saturated heterocycles. The molecule has 0 atom stereocenters. The van der Waals surface area contributed by atoms with E-state index in [1.165, 1.54) is 24.0 Å². The molecule has 23 heavy (non-hydrogen) atoms. The van der Waals surface area contributed by atoms with E-state index in [2.05, 4.69) is 15.8 Å². The van der Waals surface area contributed by atoms with Crippen LogP contribution >= 0.6 is 11.8 Å². The van der Waals surface area contributed by atoms with Crippen molar-refractivity contribution in [1.29, 1.82) is 0 Å². The number of ether oxygens (including phenoxy) is 1. The minimum absolute atomic E-state index is 0.00413. The average molecular weight is 341 g/mol. The lowest BCUT2D eigenvalue weighted by atomic mass is 10.0. The van der Waals surface area contributed by atoms with Gasteiger partial charge in [-0.1, -0.05) is 5.16 Å². The molecule has 2 rings (SSSR count). The first-order chi connectivity index (χ1) is 11.2. The standard InChI is InChI=1S/C12H12N2O5S.C2H7N/c15-7-13-1-2-18-3-4-20-10-5-9(16)12-8(11(10)17)6-14-19-12;1-3-2/h5-7H,1-4H2,(H,13,15);3H,1-2H3. The van der Waals surface area contributed by atoms with E-state index in [0.29, 0.717) is 36.8 Å². The van der Waals surface area contributed by atoms with E-state index in [0.717, 1.165) is 0 Å². The van der Waals surface area contributed by atoms with E-state index in [1.807, 2.05) is 14.1 Å². The Morgan fingerprint density at radius 3 is 2.78 bits per heavy atom. The first-order valence-corrected chi connectivity index (χ1v) is 7.85. The van der Waals surface area contributed by atoms with Gasteiger partial charge < -0.3 is 19.9 Å². The second-order valence-electron chi connectivity index (χ2n) is 4.30. The number of thioether (sulfide) groups is 1. The molecule has 0 fully saturated rings. The number of carbonyl (C=O) groups is 3. The number of amides is 1. The van der Waals surface area contributed by atoms with Gasteiger partial charge in [-0.3, -0.25) is 14.4 Å². The fourth-order valence-corrected chi connectivity index (χ4v) is 2.42. The van der Waals surface area contributed by atoms with Crippen LogP contribution in [0.15, 0.2) is 21.7 Å². The summed E-state index contributed by atoms with van der Waals surface area (Å²) in [5.74, 6) is -0.0771. The van der Waals surface area contributed by atoms with Crippen molar-refractivity contribution in [3.05, 3.63) is 28.5 Å². The molecular weight excluding hydrogens is 322 g/mol. The number of carbonyl (C=O) groups excluding carboxylic acids is 3. The summed E-state index contributed by atoms with van der Waals surface area (Å²) in [6.07, 6.45) is 3.12. The highest BCUT2D eigenvalue weighted by atomic mass is 32.2. The molecule has 9 heteroatoms. The highest BCUT2D eigenvalue weighted by molar-refractivity contribution is 8.04. The van der Waals surface area contributed by atoms with Gasteiger partial charge in [0.15, 0.2) is 0 Å². The average Bonchev–Trinajstić information content (AvgIpc) is 3.02. The maximum atomic E-state index is 12.0. The number of nitrogens with one attached hydrogen (secondary N) is 2. The lowest BCUT2D eigenvalue weighted by molar-refractivity contribution is -0.109. The minimum atomic E-state index is -0.351. The molecule has 1 aromatic heterocycles. The van der Waals surface area contributed by atoms with Gasteiger partial charge in [-0.05, 0) is 14.1 Å². The number of hydrogen-bond donors (Lipinski definition) is 2. The van der Waals surface area contributed by atoms with Crippen molar-refractivity contribution in [2.75, 3.05) is 39.6 Å². The maximum absolute atomic E-state index is 12.0. The summed E-state index contributed by atoms with van der Waals surface area (Å²) in [5, 5.41) is 8.68. The molecule has 0 radical (unpaired) electrons. The number of fused-ring (bicyclic) bond motifs is 1. The molecule has 0 spiro atoms. The third-order valence-corrected chi connectivity index (χ3v) is 3.47. The van der Waals surface area contributed by atoms with Crippen LogP contribution in [0.3, 0.4) is 0 Å². The number of aromatic nitrogens is 1. The molecule has 0 aromatic carbocycles. The van der Waals surface area contributed by atoms with Gasteiger partial charge in [-0.25, -0.2) is 0 Å². The molecule has 8 nitrogen and oxygen atoms in total. The van der Waals surface area contributed by atoms with Crippen molar-refractivity contribution in [3.8, 4) is 0 Å². The Bertz CT molecular complexity index is 571. The Hall–Kier alpha value is -1.97. The summed E-state index contributed by atoms with van der Waals surface area (Å²) < 4.78 is 9.98. The highest BCUT2D eigenvalue weighted by Gasteiger charge is 2.29. The molecule has 1 amide bonds. The summed E-state index contributed by atoms with van der Waals surface area (Å²) >= 11 is 1.25. The van der Waals surface area contributed by atoms with Gasteiger partial charge in [0.1, 0.15) is 0 Å². The molecule has 0 bridgehead atoms. The molecule has 2 N–H and O–H groups in total. The van der Waals surface area contributed by atoms with Gasteiger partial charge in [0.05, 0.1) is 29.9 Å². The van der Waals surface area contributed by atoms with Crippen molar-refractivity contribution in [2.24, 2.45) is 0 Å². The first-order valence-electron chi connectivity index (χ1n) is 6.87. The summed E-state index contributed by atoms with van der Waals surface area (Å²) in [7, 11) is 3.75. The Balaban J connectivity index is 0.000000816. The Morgan fingerprint density at radius 1 is 1.35 bits per heavy atom. The second kappa shape index (κ2) is 10.7. The maximum Gasteiger partial charge on any atom is 0.225 e. The summed E-state index contributed by atoms with van der Waals surface area (Å²) in [5.41, 5.74) is 0.205. The predicted octanol–water partition coefficient (Wildman–Crippen LogP) is 0.269. The second-order valence-corrected chi connectivity index (χ2v) is 5.44. The van der Waals surface area contributed by atoms with Gasteiger partial charge in [-0.2, -0.15) is 0 Å². The highest BCUT2D eigenvalue weighted by Crippen LogP contribution is 2.27. The van der Waals surface area contributed by atoms with E-state index in [1.54, 1.807) is 0 Å². The van der Waals surface area contributed by atoms with Crippen LogP contribution in [0, 0.1) is 0 Å². The van der Waals surface area contributed by atoms with Crippen LogP contribution in [-0.4, -0.2) is 62.7 Å². The zero-order valence-corrected chi connectivity index (χ0v) is 13.8. The first kappa shape index (κ1) is 19.1. The molecule has 0 unspecified atom stereocenters. The molecular formula is C14H19N3O5S. The third kappa shape index (κ3) is 5.97. The SMILES string of the molecule is CNC.O=CNCCOCCSC1=CC(=O)c2oncc2C1=O. The number of Topliss-reactive ketones (excluding diaryl/α,β-unsaturated/α-hetero) is 1. The normalized spacial score (nSPS) is 12.9. The molecule has 0 aliphatic heterocycles. The van der Waals surface area contributed by atoms with Gasteiger partial charge in [0.2, 0.25) is 23.7 Å². The third-order valence-electron chi connectivity index (χ3n) is 2.48. The number of ketones is 2. The van der Waals surface area contributed by atoms with Crippen molar-refractivity contribution < 1.29 is 23.6 Å². The summed E-state index contributed by atoms with van der Waals surface area (Å²) in [6, 6.07) is 0. The van der Waals surface area contributed by atoms with Crippen LogP contribution in [0.25, 0.3) is 0 Å². The van der Waals surface area contributed by atoms with Crippen LogP contribution in [0.5, 0.6) is 0 Å². The lowest BCUT2D eigenvalue weighted by Gasteiger charge is -2.09. The van der Waals surface area contributed by atoms with E-state index in [4.69, 9.17) is 9.26 Å². The zero-order valence-electron chi connectivity index (χ0n) is 13.0. The van der Waals surface area contributed by atoms with E-state index >= 15 is 0 Å². The quantitative estimate of drug-likeness (QED) is 0.512. The van der Waals surface area contributed by atoms with Crippen molar-refractivity contribution in [1.82, 2.24) is 15.8 Å². The zero-order chi connectivity index (χ0) is 17.1. The van der Waals surface area contributed by atoms with Gasteiger partial charge in [0.25, 0.3) is 0 Å². The fraction of sp³-hybridized carbons (Fsp3) is 0.429. The van der Waals surface area contributed by atoms with Crippen LogP contribution in [0.1, 0.15) is 20.9 Å². The molecule has 0 saturated carbocycles. The van der Waals surface area contributed by atoms with Crippen LogP contribution in [0.4, 0.5) is 0 Å². The van der Waals surface area contributed by atoms with Crippen LogP contribution in [-0.2, 0) is 9.53 Å². The lowest BCUT2D eigenvalue weighted by Crippen LogP contribution is -2.18. The van der Waals surface area contributed by atoms with Gasteiger partial charge in [0, 0.05) is 18.4 Å². The Labute approximate surface area is 138 Å². The fourth-order valence-electron chi connectivity index (χ4n) is 1.57. The number of nitrogens with zero attached hydrogens (tertiary/aromatic N) is 1. The van der Waals surface area contributed by atoms with Crippen LogP contribution < -0.4 is 10.6 Å². The monoisotopic (exact) mass is 341 g/mol. The van der Waals surface area contributed by atoms with E-state index in [-0.39, 0.29) is 22.9 Å². The smallest absolute Gasteiger partial charge is 0.225 e. The molecule has 1 aliphatic carbocycles. The summed E-state index contributed by atoms with van der Waals surface area (Å²) in [6.45, 7) is 1.26. The predicted molar refractivity (Wildman–Crippen MR) is 85.6 cm³/mol. The number of hydrogen-bond acceptors (Lipinski definition) is 8. The molecule has 1 aliphatic rings. The molecule has 1 aromatic rings. The van der Waals surface area contributed by atoms with Crippen molar-refractivity contribution in [3.63, 3.8) is 0 Å². The van der Waals surface area contributed by atoms with E-state index < -0.39 is 0 Å².